The summed E-state index contributed by atoms with van der Waals surface area (Å²) in [5, 5.41) is 5.49. The molecule has 0 radical (unpaired) electrons. The Morgan fingerprint density at radius 1 is 1.00 bits per heavy atom. The Bertz CT molecular complexity index is 995. The second-order valence-corrected chi connectivity index (χ2v) is 7.07. The van der Waals surface area contributed by atoms with Crippen LogP contribution in [0, 0.1) is 6.92 Å². The van der Waals surface area contributed by atoms with E-state index in [2.05, 4.69) is 26.3 Å². The number of benzene rings is 2. The van der Waals surface area contributed by atoms with E-state index in [9.17, 15) is 4.79 Å². The van der Waals surface area contributed by atoms with Crippen molar-refractivity contribution in [3.8, 4) is 0 Å². The van der Waals surface area contributed by atoms with Gasteiger partial charge >= 0.3 is 0 Å². The first-order chi connectivity index (χ1) is 13.6. The van der Waals surface area contributed by atoms with Crippen molar-refractivity contribution in [1.82, 2.24) is 14.9 Å². The highest BCUT2D eigenvalue weighted by Gasteiger charge is 2.24. The summed E-state index contributed by atoms with van der Waals surface area (Å²) >= 11 is 0. The summed E-state index contributed by atoms with van der Waals surface area (Å²) < 4.78 is 0. The van der Waals surface area contributed by atoms with Crippen molar-refractivity contribution in [1.29, 1.82) is 0 Å². The molecule has 0 bridgehead atoms. The second-order valence-electron chi connectivity index (χ2n) is 7.07. The molecule has 1 fully saturated rings. The molecule has 0 unspecified atom stereocenters. The number of rotatable bonds is 4. The van der Waals surface area contributed by atoms with E-state index in [1.165, 1.54) is 0 Å². The Kier molecular flexibility index (Phi) is 5.10. The molecule has 4 rings (SSSR count). The van der Waals surface area contributed by atoms with E-state index in [0.29, 0.717) is 13.1 Å². The highest BCUT2D eigenvalue weighted by Crippen LogP contribution is 2.19. The number of carbonyl (C=O) groups excluding carboxylic acids is 1. The maximum absolute atomic E-state index is 12.9. The average molecular weight is 375 g/mol. The zero-order chi connectivity index (χ0) is 19.5. The molecule has 1 aliphatic heterocycles. The van der Waals surface area contributed by atoms with Gasteiger partial charge in [0.05, 0.1) is 0 Å². The molecule has 2 aromatic carbocycles. The van der Waals surface area contributed by atoms with Crippen LogP contribution in [0.15, 0.2) is 48.5 Å². The average Bonchev–Trinajstić information content (AvgIpc) is 2.73. The third-order valence-electron chi connectivity index (χ3n) is 5.05. The van der Waals surface area contributed by atoms with Gasteiger partial charge in [0.15, 0.2) is 0 Å². The van der Waals surface area contributed by atoms with Crippen molar-refractivity contribution in [2.45, 2.75) is 13.8 Å². The minimum Gasteiger partial charge on any atom is -0.370 e. The third kappa shape index (κ3) is 3.76. The number of carbonyl (C=O) groups is 1. The highest BCUT2D eigenvalue weighted by molar-refractivity contribution is 5.98. The number of hydrogen-bond donors (Lipinski definition) is 1. The van der Waals surface area contributed by atoms with Crippen LogP contribution in [0.4, 0.5) is 11.8 Å². The van der Waals surface area contributed by atoms with E-state index in [0.717, 1.165) is 53.4 Å². The lowest BCUT2D eigenvalue weighted by Gasteiger charge is -2.35. The van der Waals surface area contributed by atoms with Gasteiger partial charge in [0.25, 0.3) is 5.91 Å². The van der Waals surface area contributed by atoms with Gasteiger partial charge in [-0.05, 0) is 36.8 Å². The Balaban J connectivity index is 1.45. The summed E-state index contributed by atoms with van der Waals surface area (Å²) in [6.45, 7) is 7.64. The van der Waals surface area contributed by atoms with E-state index >= 15 is 0 Å². The van der Waals surface area contributed by atoms with Gasteiger partial charge in [-0.3, -0.25) is 4.79 Å². The predicted octanol–water partition coefficient (Wildman–Crippen LogP) is 3.33. The first-order valence-electron chi connectivity index (χ1n) is 9.76. The van der Waals surface area contributed by atoms with Gasteiger partial charge in [0, 0.05) is 50.0 Å². The molecule has 6 heteroatoms. The monoisotopic (exact) mass is 375 g/mol. The lowest BCUT2D eigenvalue weighted by atomic mass is 10.1. The summed E-state index contributed by atoms with van der Waals surface area (Å²) in [4.78, 5) is 26.2. The van der Waals surface area contributed by atoms with Gasteiger partial charge in [-0.15, -0.1) is 0 Å². The Morgan fingerprint density at radius 2 is 1.75 bits per heavy atom. The van der Waals surface area contributed by atoms with Crippen molar-refractivity contribution >= 4 is 28.4 Å². The van der Waals surface area contributed by atoms with Crippen LogP contribution in [0.5, 0.6) is 0 Å². The SMILES string of the molecule is CCNc1cc(C)nc(N2CCN(C(=O)c3ccc4ccccc4c3)CC2)n1. The molecule has 0 saturated carbocycles. The van der Waals surface area contributed by atoms with Crippen molar-refractivity contribution in [3.63, 3.8) is 0 Å². The van der Waals surface area contributed by atoms with Crippen LogP contribution >= 0.6 is 0 Å². The predicted molar refractivity (Wildman–Crippen MR) is 113 cm³/mol. The molecular weight excluding hydrogens is 350 g/mol. The molecule has 0 atom stereocenters. The lowest BCUT2D eigenvalue weighted by Crippen LogP contribution is -2.49. The van der Waals surface area contributed by atoms with Gasteiger partial charge in [-0.2, -0.15) is 4.98 Å². The van der Waals surface area contributed by atoms with Crippen molar-refractivity contribution < 1.29 is 4.79 Å². The topological polar surface area (TPSA) is 61.4 Å². The highest BCUT2D eigenvalue weighted by atomic mass is 16.2. The number of aromatic nitrogens is 2. The van der Waals surface area contributed by atoms with Crippen LogP contribution < -0.4 is 10.2 Å². The summed E-state index contributed by atoms with van der Waals surface area (Å²) in [6, 6.07) is 16.0. The Hall–Kier alpha value is -3.15. The van der Waals surface area contributed by atoms with Gasteiger partial charge < -0.3 is 15.1 Å². The number of fused-ring (bicyclic) bond motifs is 1. The summed E-state index contributed by atoms with van der Waals surface area (Å²) in [7, 11) is 0. The minimum atomic E-state index is 0.0869. The smallest absolute Gasteiger partial charge is 0.253 e. The standard InChI is InChI=1S/C22H25N5O/c1-3-23-20-14-16(2)24-22(25-20)27-12-10-26(11-13-27)21(28)19-9-8-17-6-4-5-7-18(17)15-19/h4-9,14-15H,3,10-13H2,1-2H3,(H,23,24,25). The molecule has 1 aliphatic rings. The molecule has 2 heterocycles. The van der Waals surface area contributed by atoms with E-state index in [4.69, 9.17) is 0 Å². The summed E-state index contributed by atoms with van der Waals surface area (Å²) in [5.41, 5.74) is 1.68. The zero-order valence-electron chi connectivity index (χ0n) is 16.4. The maximum atomic E-state index is 12.9. The fourth-order valence-corrected chi connectivity index (χ4v) is 3.58. The van der Waals surface area contributed by atoms with Crippen LogP contribution in [0.3, 0.4) is 0 Å². The van der Waals surface area contributed by atoms with Crippen LogP contribution in [-0.4, -0.2) is 53.5 Å². The first kappa shape index (κ1) is 18.2. The normalized spacial score (nSPS) is 14.4. The van der Waals surface area contributed by atoms with Crippen molar-refractivity contribution in [2.24, 2.45) is 0 Å². The molecule has 1 amide bonds. The van der Waals surface area contributed by atoms with Crippen LogP contribution in [-0.2, 0) is 0 Å². The van der Waals surface area contributed by atoms with Crippen LogP contribution in [0.2, 0.25) is 0 Å². The van der Waals surface area contributed by atoms with Crippen molar-refractivity contribution in [3.05, 3.63) is 59.8 Å². The maximum Gasteiger partial charge on any atom is 0.253 e. The fraction of sp³-hybridized carbons (Fsp3) is 0.318. The number of aryl methyl sites for hydroxylation is 1. The van der Waals surface area contributed by atoms with Crippen LogP contribution in [0.1, 0.15) is 23.0 Å². The van der Waals surface area contributed by atoms with Gasteiger partial charge in [0.1, 0.15) is 5.82 Å². The molecular formula is C22H25N5O. The quantitative estimate of drug-likeness (QED) is 0.758. The summed E-state index contributed by atoms with van der Waals surface area (Å²) in [5.74, 6) is 1.66. The molecule has 1 saturated heterocycles. The molecule has 28 heavy (non-hydrogen) atoms. The molecule has 0 spiro atoms. The lowest BCUT2D eigenvalue weighted by molar-refractivity contribution is 0.0746. The van der Waals surface area contributed by atoms with Gasteiger partial charge in [-0.1, -0.05) is 30.3 Å². The van der Waals surface area contributed by atoms with Crippen LogP contribution in [0.25, 0.3) is 10.8 Å². The van der Waals surface area contributed by atoms with Gasteiger partial charge in [0.2, 0.25) is 5.95 Å². The van der Waals surface area contributed by atoms with E-state index in [1.54, 1.807) is 0 Å². The molecule has 144 valence electrons. The molecule has 1 aromatic heterocycles. The Labute approximate surface area is 165 Å². The Morgan fingerprint density at radius 3 is 2.50 bits per heavy atom. The third-order valence-corrected chi connectivity index (χ3v) is 5.05. The minimum absolute atomic E-state index is 0.0869. The fourth-order valence-electron chi connectivity index (χ4n) is 3.58. The second kappa shape index (κ2) is 7.84. The molecule has 0 aliphatic carbocycles. The number of hydrogen-bond acceptors (Lipinski definition) is 5. The number of amides is 1. The van der Waals surface area contributed by atoms with E-state index in [1.807, 2.05) is 61.2 Å². The zero-order valence-corrected chi connectivity index (χ0v) is 16.4. The molecule has 1 N–H and O–H groups in total. The number of anilines is 2. The van der Waals surface area contributed by atoms with E-state index in [-0.39, 0.29) is 5.91 Å². The molecule has 3 aromatic rings. The van der Waals surface area contributed by atoms with Crippen molar-refractivity contribution in [2.75, 3.05) is 42.9 Å². The first-order valence-corrected chi connectivity index (χ1v) is 9.76. The number of nitrogens with zero attached hydrogens (tertiary/aromatic N) is 4. The van der Waals surface area contributed by atoms with Gasteiger partial charge in [-0.25, -0.2) is 4.98 Å². The molecule has 6 nitrogen and oxygen atoms in total. The largest absolute Gasteiger partial charge is 0.370 e. The van der Waals surface area contributed by atoms with E-state index < -0.39 is 0 Å². The summed E-state index contributed by atoms with van der Waals surface area (Å²) in [6.07, 6.45) is 0. The number of nitrogens with one attached hydrogen (secondary N) is 1. The number of piperazine rings is 1.